The summed E-state index contributed by atoms with van der Waals surface area (Å²) >= 11 is 0. The molecule has 1 aliphatic rings. The SMILES string of the molecule is C=CCc1ccc(C(=O)OC2CCC(CC=C)CC2)cc1. The molecule has 1 aromatic carbocycles. The summed E-state index contributed by atoms with van der Waals surface area (Å²) in [5, 5.41) is 0. The molecule has 21 heavy (non-hydrogen) atoms. The number of rotatable bonds is 6. The lowest BCUT2D eigenvalue weighted by Gasteiger charge is -2.27. The lowest BCUT2D eigenvalue weighted by Crippen LogP contribution is -2.24. The summed E-state index contributed by atoms with van der Waals surface area (Å²) in [6, 6.07) is 7.59. The van der Waals surface area contributed by atoms with Gasteiger partial charge >= 0.3 is 5.97 Å². The number of allylic oxidation sites excluding steroid dienone is 2. The summed E-state index contributed by atoms with van der Waals surface area (Å²) in [6.07, 6.45) is 10.0. The first kappa shape index (κ1) is 15.6. The molecule has 0 atom stereocenters. The summed E-state index contributed by atoms with van der Waals surface area (Å²) < 4.78 is 5.62. The smallest absolute Gasteiger partial charge is 0.338 e. The molecule has 1 aliphatic carbocycles. The quantitative estimate of drug-likeness (QED) is 0.558. The molecular formula is C19H24O2. The van der Waals surface area contributed by atoms with E-state index in [4.69, 9.17) is 4.74 Å². The maximum Gasteiger partial charge on any atom is 0.338 e. The van der Waals surface area contributed by atoms with Crippen molar-refractivity contribution in [2.45, 2.75) is 44.6 Å². The maximum atomic E-state index is 12.1. The first-order chi connectivity index (χ1) is 10.2. The van der Waals surface area contributed by atoms with Crippen molar-refractivity contribution in [2.75, 3.05) is 0 Å². The Balaban J connectivity index is 1.84. The molecular weight excluding hydrogens is 260 g/mol. The molecule has 2 nitrogen and oxygen atoms in total. The van der Waals surface area contributed by atoms with E-state index in [1.807, 2.05) is 36.4 Å². The zero-order valence-corrected chi connectivity index (χ0v) is 12.6. The second kappa shape index (κ2) is 7.82. The van der Waals surface area contributed by atoms with Crippen molar-refractivity contribution in [2.24, 2.45) is 5.92 Å². The van der Waals surface area contributed by atoms with E-state index in [1.54, 1.807) is 0 Å². The number of ether oxygens (including phenoxy) is 1. The van der Waals surface area contributed by atoms with Crippen molar-refractivity contribution < 1.29 is 9.53 Å². The van der Waals surface area contributed by atoms with Crippen molar-refractivity contribution in [1.82, 2.24) is 0 Å². The van der Waals surface area contributed by atoms with Gasteiger partial charge in [-0.15, -0.1) is 13.2 Å². The molecule has 1 saturated carbocycles. The summed E-state index contributed by atoms with van der Waals surface area (Å²) in [6.45, 7) is 7.50. The summed E-state index contributed by atoms with van der Waals surface area (Å²) in [4.78, 5) is 12.1. The van der Waals surface area contributed by atoms with Gasteiger partial charge in [-0.05, 0) is 62.1 Å². The third-order valence-electron chi connectivity index (χ3n) is 4.14. The largest absolute Gasteiger partial charge is 0.459 e. The number of hydrogen-bond acceptors (Lipinski definition) is 2. The van der Waals surface area contributed by atoms with Gasteiger partial charge in [-0.25, -0.2) is 4.79 Å². The fraction of sp³-hybridized carbons (Fsp3) is 0.421. The second-order valence-corrected chi connectivity index (χ2v) is 5.76. The van der Waals surface area contributed by atoms with Gasteiger partial charge in [0, 0.05) is 0 Å². The molecule has 0 heterocycles. The second-order valence-electron chi connectivity index (χ2n) is 5.76. The molecule has 0 spiro atoms. The van der Waals surface area contributed by atoms with Crippen LogP contribution in [0.2, 0.25) is 0 Å². The lowest BCUT2D eigenvalue weighted by molar-refractivity contribution is 0.0167. The number of carbonyl (C=O) groups is 1. The zero-order valence-electron chi connectivity index (χ0n) is 12.6. The van der Waals surface area contributed by atoms with Crippen LogP contribution in [0.4, 0.5) is 0 Å². The standard InChI is InChI=1S/C19H24O2/c1-3-5-15-7-11-17(12-8-15)19(20)21-18-13-9-16(6-4-2)10-14-18/h3-4,7-8,11-12,16,18H,1-2,5-6,9-10,13-14H2. The van der Waals surface area contributed by atoms with Gasteiger partial charge in [0.2, 0.25) is 0 Å². The highest BCUT2D eigenvalue weighted by Gasteiger charge is 2.23. The number of hydrogen-bond donors (Lipinski definition) is 0. The first-order valence-corrected chi connectivity index (χ1v) is 7.74. The van der Waals surface area contributed by atoms with Crippen LogP contribution in [-0.2, 0) is 11.2 Å². The highest BCUT2D eigenvalue weighted by Crippen LogP contribution is 2.29. The molecule has 0 N–H and O–H groups in total. The Bertz CT molecular complexity index is 479. The third-order valence-corrected chi connectivity index (χ3v) is 4.14. The van der Waals surface area contributed by atoms with Crippen molar-refractivity contribution >= 4 is 5.97 Å². The van der Waals surface area contributed by atoms with E-state index in [-0.39, 0.29) is 12.1 Å². The average Bonchev–Trinajstić information content (AvgIpc) is 2.50. The van der Waals surface area contributed by atoms with Crippen LogP contribution in [-0.4, -0.2) is 12.1 Å². The Kier molecular flexibility index (Phi) is 5.79. The van der Waals surface area contributed by atoms with Crippen LogP contribution in [0, 0.1) is 5.92 Å². The monoisotopic (exact) mass is 284 g/mol. The molecule has 0 aliphatic heterocycles. The van der Waals surface area contributed by atoms with E-state index in [0.717, 1.165) is 50.0 Å². The normalized spacial score (nSPS) is 21.5. The van der Waals surface area contributed by atoms with Crippen LogP contribution in [0.1, 0.15) is 48.0 Å². The molecule has 0 unspecified atom stereocenters. The minimum absolute atomic E-state index is 0.0754. The predicted octanol–water partition coefficient (Wildman–Crippen LogP) is 4.71. The van der Waals surface area contributed by atoms with Gasteiger partial charge in [0.1, 0.15) is 6.10 Å². The van der Waals surface area contributed by atoms with Gasteiger partial charge in [-0.2, -0.15) is 0 Å². The molecule has 0 radical (unpaired) electrons. The minimum Gasteiger partial charge on any atom is -0.459 e. The molecule has 112 valence electrons. The fourth-order valence-corrected chi connectivity index (χ4v) is 2.88. The molecule has 0 amide bonds. The van der Waals surface area contributed by atoms with E-state index < -0.39 is 0 Å². The van der Waals surface area contributed by atoms with E-state index in [9.17, 15) is 4.79 Å². The Morgan fingerprint density at radius 1 is 1.10 bits per heavy atom. The van der Waals surface area contributed by atoms with Crippen molar-refractivity contribution in [3.8, 4) is 0 Å². The Morgan fingerprint density at radius 2 is 1.76 bits per heavy atom. The van der Waals surface area contributed by atoms with Crippen LogP contribution >= 0.6 is 0 Å². The summed E-state index contributed by atoms with van der Waals surface area (Å²) in [7, 11) is 0. The maximum absolute atomic E-state index is 12.1. The van der Waals surface area contributed by atoms with Gasteiger partial charge in [-0.3, -0.25) is 0 Å². The lowest BCUT2D eigenvalue weighted by atomic mass is 9.85. The van der Waals surface area contributed by atoms with Gasteiger partial charge in [0.25, 0.3) is 0 Å². The van der Waals surface area contributed by atoms with E-state index >= 15 is 0 Å². The topological polar surface area (TPSA) is 26.3 Å². The van der Waals surface area contributed by atoms with Crippen molar-refractivity contribution in [1.29, 1.82) is 0 Å². The molecule has 2 heteroatoms. The Hall–Kier alpha value is -1.83. The summed E-state index contributed by atoms with van der Waals surface area (Å²) in [5.41, 5.74) is 1.79. The minimum atomic E-state index is -0.202. The molecule has 0 bridgehead atoms. The van der Waals surface area contributed by atoms with Crippen molar-refractivity contribution in [3.05, 3.63) is 60.7 Å². The van der Waals surface area contributed by atoms with Gasteiger partial charge in [0.15, 0.2) is 0 Å². The predicted molar refractivity (Wildman–Crippen MR) is 86.3 cm³/mol. The van der Waals surface area contributed by atoms with E-state index in [2.05, 4.69) is 13.2 Å². The molecule has 1 fully saturated rings. The molecule has 0 aromatic heterocycles. The van der Waals surface area contributed by atoms with Crippen LogP contribution in [0.15, 0.2) is 49.6 Å². The van der Waals surface area contributed by atoms with Crippen LogP contribution < -0.4 is 0 Å². The highest BCUT2D eigenvalue weighted by atomic mass is 16.5. The van der Waals surface area contributed by atoms with Crippen LogP contribution in [0.5, 0.6) is 0 Å². The highest BCUT2D eigenvalue weighted by molar-refractivity contribution is 5.89. The van der Waals surface area contributed by atoms with E-state index in [0.29, 0.717) is 5.56 Å². The van der Waals surface area contributed by atoms with Crippen LogP contribution in [0.25, 0.3) is 0 Å². The van der Waals surface area contributed by atoms with E-state index in [1.165, 1.54) is 0 Å². The third kappa shape index (κ3) is 4.59. The van der Waals surface area contributed by atoms with Crippen LogP contribution in [0.3, 0.4) is 0 Å². The first-order valence-electron chi connectivity index (χ1n) is 7.74. The average molecular weight is 284 g/mol. The Morgan fingerprint density at radius 3 is 2.33 bits per heavy atom. The molecule has 1 aromatic rings. The number of carbonyl (C=O) groups excluding carboxylic acids is 1. The van der Waals surface area contributed by atoms with Gasteiger partial charge < -0.3 is 4.74 Å². The molecule has 2 rings (SSSR count). The Labute approximate surface area is 127 Å². The fourth-order valence-electron chi connectivity index (χ4n) is 2.88. The van der Waals surface area contributed by atoms with Crippen molar-refractivity contribution in [3.63, 3.8) is 0 Å². The van der Waals surface area contributed by atoms with Gasteiger partial charge in [-0.1, -0.05) is 24.3 Å². The summed E-state index contributed by atoms with van der Waals surface area (Å²) in [5.74, 6) is 0.517. The molecule has 0 saturated heterocycles. The number of esters is 1. The zero-order chi connectivity index (χ0) is 15.1. The number of benzene rings is 1. The van der Waals surface area contributed by atoms with Gasteiger partial charge in [0.05, 0.1) is 5.56 Å².